The third-order valence-electron chi connectivity index (χ3n) is 6.11. The summed E-state index contributed by atoms with van der Waals surface area (Å²) in [6, 6.07) is 14.1. The first-order valence-corrected chi connectivity index (χ1v) is 11.8. The number of ether oxygens (including phenoxy) is 2. The van der Waals surface area contributed by atoms with Gasteiger partial charge >= 0.3 is 5.97 Å². The zero-order valence-electron chi connectivity index (χ0n) is 20.0. The molecule has 190 valence electrons. The molecular formula is C27H24F2N4O4. The molecule has 0 radical (unpaired) electrons. The van der Waals surface area contributed by atoms with E-state index in [1.165, 1.54) is 6.20 Å². The van der Waals surface area contributed by atoms with Gasteiger partial charge in [-0.2, -0.15) is 0 Å². The van der Waals surface area contributed by atoms with Gasteiger partial charge in [0.1, 0.15) is 29.2 Å². The van der Waals surface area contributed by atoms with Crippen molar-refractivity contribution in [3.05, 3.63) is 93.9 Å². The van der Waals surface area contributed by atoms with Gasteiger partial charge in [-0.3, -0.25) is 4.79 Å². The molecule has 0 aliphatic carbocycles. The van der Waals surface area contributed by atoms with E-state index in [2.05, 4.69) is 15.6 Å². The smallest absolute Gasteiger partial charge is 0.343 e. The Morgan fingerprint density at radius 2 is 1.86 bits per heavy atom. The van der Waals surface area contributed by atoms with Crippen LogP contribution in [0.4, 0.5) is 20.3 Å². The quantitative estimate of drug-likeness (QED) is 0.271. The Bertz CT molecular complexity index is 1510. The van der Waals surface area contributed by atoms with Gasteiger partial charge in [-0.05, 0) is 24.6 Å². The molecule has 0 saturated carbocycles. The third-order valence-corrected chi connectivity index (χ3v) is 6.11. The number of hydrogen-bond donors (Lipinski definition) is 2. The van der Waals surface area contributed by atoms with Crippen LogP contribution in [0, 0.1) is 11.6 Å². The van der Waals surface area contributed by atoms with Crippen molar-refractivity contribution in [1.29, 1.82) is 0 Å². The average molecular weight is 507 g/mol. The molecule has 3 heterocycles. The van der Waals surface area contributed by atoms with Crippen molar-refractivity contribution in [2.75, 3.05) is 36.9 Å². The number of benzene rings is 2. The molecule has 5 rings (SSSR count). The summed E-state index contributed by atoms with van der Waals surface area (Å²) in [5.41, 5.74) is -0.648. The minimum Gasteiger partial charge on any atom is -0.487 e. The van der Waals surface area contributed by atoms with Crippen molar-refractivity contribution in [3.63, 3.8) is 0 Å². The van der Waals surface area contributed by atoms with E-state index in [0.29, 0.717) is 12.4 Å². The lowest BCUT2D eigenvalue weighted by molar-refractivity contribution is 0.0523. The molecule has 0 bridgehead atoms. The summed E-state index contributed by atoms with van der Waals surface area (Å²) in [4.78, 5) is 30.0. The Morgan fingerprint density at radius 1 is 1.11 bits per heavy atom. The number of nitrogens with one attached hydrogen (secondary N) is 2. The van der Waals surface area contributed by atoms with Gasteiger partial charge in [0, 0.05) is 25.5 Å². The fourth-order valence-corrected chi connectivity index (χ4v) is 4.42. The largest absolute Gasteiger partial charge is 0.487 e. The van der Waals surface area contributed by atoms with Crippen LogP contribution in [0.25, 0.3) is 10.9 Å². The van der Waals surface area contributed by atoms with Crippen molar-refractivity contribution in [2.45, 2.75) is 13.0 Å². The second-order valence-corrected chi connectivity index (χ2v) is 8.36. The van der Waals surface area contributed by atoms with Crippen molar-refractivity contribution < 1.29 is 23.0 Å². The first-order valence-electron chi connectivity index (χ1n) is 11.8. The van der Waals surface area contributed by atoms with Gasteiger partial charge in [0.15, 0.2) is 17.4 Å². The number of halogens is 2. The van der Waals surface area contributed by atoms with E-state index in [-0.39, 0.29) is 42.3 Å². The molecule has 1 aliphatic rings. The molecule has 0 amide bonds. The zero-order valence-corrected chi connectivity index (χ0v) is 20.0. The minimum absolute atomic E-state index is 0.00595. The Hall–Kier alpha value is -4.47. The molecule has 1 aliphatic heterocycles. The Labute approximate surface area is 210 Å². The van der Waals surface area contributed by atoms with E-state index in [9.17, 15) is 9.59 Å². The number of hydrogen-bond acceptors (Lipinski definition) is 7. The van der Waals surface area contributed by atoms with Crippen molar-refractivity contribution >= 4 is 28.4 Å². The number of carbonyl (C=O) groups is 1. The summed E-state index contributed by atoms with van der Waals surface area (Å²) < 4.78 is 43.4. The number of aromatic nitrogens is 2. The highest BCUT2D eigenvalue weighted by atomic mass is 19.2. The molecule has 2 N–H and O–H groups in total. The number of anilines is 2. The van der Waals surface area contributed by atoms with Gasteiger partial charge in [0.05, 0.1) is 18.0 Å². The number of nitrogens with zero attached hydrogens (tertiary/aromatic N) is 2. The average Bonchev–Trinajstić information content (AvgIpc) is 2.92. The standard InChI is InChI=1S/C27H24F2N4O4/c1-2-36-27(35)17-14-33-18(16-8-4-3-5-9-16)15-37-26-23(22(29)21(28)20(24(26)33)25(17)34)32-13-12-31-19-10-6-7-11-30-19/h3-11,14,18,32H,2,12-13,15H2,1H3,(H,30,31)/t18-/m1/s1. The summed E-state index contributed by atoms with van der Waals surface area (Å²) in [5.74, 6) is -2.88. The van der Waals surface area contributed by atoms with E-state index in [1.807, 2.05) is 36.4 Å². The molecule has 2 aromatic carbocycles. The molecule has 2 aromatic heterocycles. The maximum absolute atomic E-state index is 15.5. The monoisotopic (exact) mass is 506 g/mol. The number of esters is 1. The summed E-state index contributed by atoms with van der Waals surface area (Å²) in [6.45, 7) is 2.27. The van der Waals surface area contributed by atoms with E-state index >= 15 is 8.78 Å². The SMILES string of the molecule is CCOC(=O)c1cn2c3c(c(NCCNc4ccccn4)c(F)c(F)c3c1=O)OC[C@@H]2c1ccccc1. The molecule has 0 spiro atoms. The van der Waals surface area contributed by atoms with Gasteiger partial charge in [-0.1, -0.05) is 36.4 Å². The van der Waals surface area contributed by atoms with Crippen LogP contribution >= 0.6 is 0 Å². The first-order chi connectivity index (χ1) is 18.0. The highest BCUT2D eigenvalue weighted by molar-refractivity contribution is 5.98. The van der Waals surface area contributed by atoms with Crippen LogP contribution in [-0.2, 0) is 4.74 Å². The maximum Gasteiger partial charge on any atom is 0.343 e. The normalized spacial score (nSPS) is 14.2. The lowest BCUT2D eigenvalue weighted by Crippen LogP contribution is -2.30. The van der Waals surface area contributed by atoms with Crippen LogP contribution in [0.1, 0.15) is 28.9 Å². The van der Waals surface area contributed by atoms with Crippen molar-refractivity contribution in [2.24, 2.45) is 0 Å². The molecule has 0 saturated heterocycles. The van der Waals surface area contributed by atoms with Crippen LogP contribution in [0.5, 0.6) is 5.75 Å². The Morgan fingerprint density at radius 3 is 2.59 bits per heavy atom. The van der Waals surface area contributed by atoms with Gasteiger partial charge < -0.3 is 24.7 Å². The molecule has 4 aromatic rings. The third kappa shape index (κ3) is 4.46. The highest BCUT2D eigenvalue weighted by Crippen LogP contribution is 2.42. The molecule has 1 atom stereocenters. The fraction of sp³-hybridized carbons (Fsp3) is 0.222. The van der Waals surface area contributed by atoms with Crippen LogP contribution in [0.3, 0.4) is 0 Å². The van der Waals surface area contributed by atoms with Crippen molar-refractivity contribution in [3.8, 4) is 5.75 Å². The van der Waals surface area contributed by atoms with E-state index in [4.69, 9.17) is 9.47 Å². The molecule has 37 heavy (non-hydrogen) atoms. The van der Waals surface area contributed by atoms with E-state index < -0.39 is 34.5 Å². The second kappa shape index (κ2) is 10.3. The molecule has 0 fully saturated rings. The Balaban J connectivity index is 1.62. The second-order valence-electron chi connectivity index (χ2n) is 8.36. The van der Waals surface area contributed by atoms with Gasteiger partial charge in [-0.15, -0.1) is 0 Å². The lowest BCUT2D eigenvalue weighted by atomic mass is 10.0. The topological polar surface area (TPSA) is 94.5 Å². The lowest BCUT2D eigenvalue weighted by Gasteiger charge is -2.31. The highest BCUT2D eigenvalue weighted by Gasteiger charge is 2.33. The molecule has 0 unspecified atom stereocenters. The molecule has 8 nitrogen and oxygen atoms in total. The van der Waals surface area contributed by atoms with E-state index in [0.717, 1.165) is 5.56 Å². The minimum atomic E-state index is -1.36. The van der Waals surface area contributed by atoms with Crippen LogP contribution < -0.4 is 20.8 Å². The summed E-state index contributed by atoms with van der Waals surface area (Å²) in [7, 11) is 0. The fourth-order valence-electron chi connectivity index (χ4n) is 4.42. The number of carbonyl (C=O) groups excluding carboxylic acids is 1. The summed E-state index contributed by atoms with van der Waals surface area (Å²) in [5, 5.41) is 5.41. The van der Waals surface area contributed by atoms with Crippen LogP contribution in [0.2, 0.25) is 0 Å². The van der Waals surface area contributed by atoms with Gasteiger partial charge in [0.25, 0.3) is 0 Å². The predicted octanol–water partition coefficient (Wildman–Crippen LogP) is 4.36. The number of pyridine rings is 2. The van der Waals surface area contributed by atoms with Gasteiger partial charge in [0.2, 0.25) is 5.43 Å². The van der Waals surface area contributed by atoms with Crippen LogP contribution in [0.15, 0.2) is 65.7 Å². The number of rotatable bonds is 8. The van der Waals surface area contributed by atoms with E-state index in [1.54, 1.807) is 29.8 Å². The Kier molecular flexibility index (Phi) is 6.72. The molecular weight excluding hydrogens is 482 g/mol. The zero-order chi connectivity index (χ0) is 25.9. The van der Waals surface area contributed by atoms with Crippen LogP contribution in [-0.4, -0.2) is 41.8 Å². The maximum atomic E-state index is 15.5. The summed E-state index contributed by atoms with van der Waals surface area (Å²) >= 11 is 0. The first kappa shape index (κ1) is 24.2. The molecule has 10 heteroatoms. The van der Waals surface area contributed by atoms with Gasteiger partial charge in [-0.25, -0.2) is 18.6 Å². The van der Waals surface area contributed by atoms with Crippen molar-refractivity contribution in [1.82, 2.24) is 9.55 Å². The predicted molar refractivity (Wildman–Crippen MR) is 135 cm³/mol. The summed E-state index contributed by atoms with van der Waals surface area (Å²) in [6.07, 6.45) is 2.98.